The number of hydrogen-bond donors (Lipinski definition) is 0. The van der Waals surface area contributed by atoms with E-state index in [2.05, 4.69) is 15.7 Å². The smallest absolute Gasteiger partial charge is 0.255 e. The summed E-state index contributed by atoms with van der Waals surface area (Å²) in [4.78, 5) is 1.95. The lowest BCUT2D eigenvalue weighted by molar-refractivity contribution is 0.358. The Morgan fingerprint density at radius 1 is 0.490 bits per heavy atom. The molecule has 24 heteroatoms. The molecule has 5 rings (SSSR count). The summed E-state index contributed by atoms with van der Waals surface area (Å²) in [6, 6.07) is 20.3. The molecule has 1 aromatic heterocycles. The third kappa shape index (κ3) is 12.8. The van der Waals surface area contributed by atoms with Crippen LogP contribution in [0.2, 0.25) is 10.0 Å². The van der Waals surface area contributed by atoms with E-state index in [9.17, 15) is 55.6 Å². The molecule has 51 heavy (non-hydrogen) atoms. The van der Waals surface area contributed by atoms with Crippen LogP contribution in [0.5, 0.6) is 0 Å². The van der Waals surface area contributed by atoms with Gasteiger partial charge in [0.1, 0.15) is 9.79 Å². The number of benzene rings is 4. The minimum Gasteiger partial charge on any atom is -0.255 e. The van der Waals surface area contributed by atoms with Crippen molar-refractivity contribution in [1.29, 1.82) is 0 Å². The molecule has 9 nitrogen and oxygen atoms in total. The molecule has 1 heterocycles. The van der Waals surface area contributed by atoms with Crippen LogP contribution in [0.25, 0.3) is 10.9 Å². The molecule has 0 N–H and O–H groups in total. The highest BCUT2D eigenvalue weighted by Crippen LogP contribution is 2.29. The van der Waals surface area contributed by atoms with Crippen molar-refractivity contribution in [1.82, 2.24) is 4.98 Å². The molecule has 0 aliphatic rings. The predicted octanol–water partition coefficient (Wildman–Crippen LogP) is 9.01. The largest absolute Gasteiger partial charge is 0.267 e. The average molecular weight is 916 g/mol. The third-order valence-electron chi connectivity index (χ3n) is 5.45. The van der Waals surface area contributed by atoms with Crippen LogP contribution >= 0.6 is 65.9 Å². The fraction of sp³-hybridized carbons (Fsp3) is 0. The van der Waals surface area contributed by atoms with Crippen molar-refractivity contribution < 1.29 is 55.6 Å². The van der Waals surface area contributed by atoms with Gasteiger partial charge in [0.05, 0.1) is 15.4 Å². The number of halogens is 11. The molecule has 4 aromatic carbocycles. The standard InChI is InChI=1S/C9H6ClNO2S.C6H3Cl3O2S.C6ClF5O2S.C6H5ClO2S/c10-14(12,13)8-5-1-3-7-4-2-6-11-9(7)8;7-4-1-2-5(8)6(3-4)12(9,10)11;7-15(13,14)6-4(11)2(9)1(8)3(10)5(6)12;7-10(8,9)6-4-2-1-3-5-6/h1-6H;1-3H;;1-5H. The van der Waals surface area contributed by atoms with Gasteiger partial charge in [-0.1, -0.05) is 59.6 Å². The molecule has 0 atom stereocenters. The zero-order chi connectivity index (χ0) is 39.1. The van der Waals surface area contributed by atoms with Crippen LogP contribution in [0.1, 0.15) is 0 Å². The normalized spacial score (nSPS) is 11.7. The van der Waals surface area contributed by atoms with Crippen molar-refractivity contribution in [3.63, 3.8) is 0 Å². The quantitative estimate of drug-likeness (QED) is 0.0745. The molecule has 0 radical (unpaired) electrons. The molecule has 0 amide bonds. The van der Waals surface area contributed by atoms with Crippen LogP contribution in [-0.2, 0) is 36.2 Å². The van der Waals surface area contributed by atoms with Crippen molar-refractivity contribution in [2.24, 2.45) is 0 Å². The first-order chi connectivity index (χ1) is 23.3. The number of aromatic nitrogens is 1. The van der Waals surface area contributed by atoms with E-state index in [0.29, 0.717) is 5.52 Å². The van der Waals surface area contributed by atoms with Gasteiger partial charge >= 0.3 is 0 Å². The van der Waals surface area contributed by atoms with Gasteiger partial charge in [-0.25, -0.2) is 55.6 Å². The Hall–Kier alpha value is -2.52. The van der Waals surface area contributed by atoms with E-state index < -0.39 is 70.2 Å². The van der Waals surface area contributed by atoms with Gasteiger partial charge in [0.2, 0.25) is 5.82 Å². The highest BCUT2D eigenvalue weighted by molar-refractivity contribution is 8.14. The van der Waals surface area contributed by atoms with Gasteiger partial charge in [-0.3, -0.25) is 4.98 Å². The van der Waals surface area contributed by atoms with Gasteiger partial charge < -0.3 is 0 Å². The van der Waals surface area contributed by atoms with E-state index in [0.717, 1.165) is 5.39 Å². The monoisotopic (exact) mass is 913 g/mol. The molecular formula is C27H14Cl6F5NO8S4. The van der Waals surface area contributed by atoms with Crippen molar-refractivity contribution >= 4 is 113 Å². The van der Waals surface area contributed by atoms with Crippen LogP contribution in [0, 0.1) is 29.1 Å². The van der Waals surface area contributed by atoms with Crippen molar-refractivity contribution in [2.75, 3.05) is 0 Å². The fourth-order valence-corrected chi connectivity index (χ4v) is 7.87. The van der Waals surface area contributed by atoms with Crippen LogP contribution in [0.4, 0.5) is 22.0 Å². The summed E-state index contributed by atoms with van der Waals surface area (Å²) in [6.45, 7) is 0. The van der Waals surface area contributed by atoms with Gasteiger partial charge in [-0.05, 0) is 42.5 Å². The number of pyridine rings is 1. The van der Waals surface area contributed by atoms with E-state index in [1.165, 1.54) is 42.6 Å². The number of fused-ring (bicyclic) bond motifs is 1. The second-order valence-electron chi connectivity index (χ2n) is 8.87. The summed E-state index contributed by atoms with van der Waals surface area (Å²) < 4.78 is 149. The lowest BCUT2D eigenvalue weighted by atomic mass is 10.2. The van der Waals surface area contributed by atoms with E-state index in [4.69, 9.17) is 55.2 Å². The zero-order valence-corrected chi connectivity index (χ0v) is 31.9. The SMILES string of the molecule is O=S(=O)(Cl)c1c(F)c(F)c(F)c(F)c1F.O=S(=O)(Cl)c1cc(Cl)ccc1Cl.O=S(=O)(Cl)c1cccc2cccnc12.O=S(=O)(Cl)c1ccccc1. The lowest BCUT2D eigenvalue weighted by Crippen LogP contribution is -2.09. The summed E-state index contributed by atoms with van der Waals surface area (Å²) >= 11 is 11.1. The number of para-hydroxylation sites is 1. The molecule has 276 valence electrons. The Kier molecular flexibility index (Phi) is 15.8. The molecule has 0 saturated heterocycles. The molecule has 0 spiro atoms. The first-order valence-corrected chi connectivity index (χ1v) is 22.4. The van der Waals surface area contributed by atoms with Gasteiger partial charge in [-0.15, -0.1) is 0 Å². The molecule has 0 unspecified atom stereocenters. The van der Waals surface area contributed by atoms with Crippen LogP contribution in [0.3, 0.4) is 0 Å². The van der Waals surface area contributed by atoms with E-state index in [1.54, 1.807) is 42.5 Å². The number of rotatable bonds is 4. The van der Waals surface area contributed by atoms with Gasteiger partial charge in [0.15, 0.2) is 28.2 Å². The molecule has 0 aliphatic heterocycles. The molecule has 5 aromatic rings. The third-order valence-corrected chi connectivity index (χ3v) is 11.5. The molecular weight excluding hydrogens is 902 g/mol. The maximum Gasteiger partial charge on any atom is 0.267 e. The van der Waals surface area contributed by atoms with Crippen LogP contribution in [-0.4, -0.2) is 38.7 Å². The Morgan fingerprint density at radius 3 is 1.41 bits per heavy atom. The Bertz CT molecular complexity index is 2480. The Balaban J connectivity index is 0.000000238. The summed E-state index contributed by atoms with van der Waals surface area (Å²) in [5.74, 6) is -12.2. The molecule has 0 fully saturated rings. The number of nitrogens with zero attached hydrogens (tertiary/aromatic N) is 1. The highest BCUT2D eigenvalue weighted by atomic mass is 35.7. The summed E-state index contributed by atoms with van der Waals surface area (Å²) in [5, 5.41) is 1.10. The van der Waals surface area contributed by atoms with Crippen LogP contribution < -0.4 is 0 Å². The fourth-order valence-electron chi connectivity index (χ4n) is 3.32. The average Bonchev–Trinajstić information content (AvgIpc) is 3.03. The van der Waals surface area contributed by atoms with Gasteiger partial charge in [0, 0.05) is 59.3 Å². The van der Waals surface area contributed by atoms with E-state index in [1.807, 2.05) is 0 Å². The van der Waals surface area contributed by atoms with Crippen molar-refractivity contribution in [3.8, 4) is 0 Å². The van der Waals surface area contributed by atoms with E-state index in [-0.39, 0.29) is 24.7 Å². The van der Waals surface area contributed by atoms with Crippen LogP contribution in [0.15, 0.2) is 105 Å². The highest BCUT2D eigenvalue weighted by Gasteiger charge is 2.32. The second-order valence-corrected chi connectivity index (χ2v) is 19.9. The van der Waals surface area contributed by atoms with Gasteiger partial charge in [0.25, 0.3) is 36.2 Å². The second kappa shape index (κ2) is 18.0. The predicted molar refractivity (Wildman–Crippen MR) is 183 cm³/mol. The minimum atomic E-state index is -5.05. The van der Waals surface area contributed by atoms with Crippen molar-refractivity contribution in [3.05, 3.63) is 124 Å². The molecule has 0 aliphatic carbocycles. The maximum atomic E-state index is 12.7. The Labute approximate surface area is 315 Å². The molecule has 0 saturated carbocycles. The summed E-state index contributed by atoms with van der Waals surface area (Å²) in [7, 11) is 3.77. The first kappa shape index (κ1) is 44.6. The maximum absolute atomic E-state index is 12.7. The Morgan fingerprint density at radius 2 is 0.980 bits per heavy atom. The summed E-state index contributed by atoms with van der Waals surface area (Å²) in [6.07, 6.45) is 1.54. The lowest BCUT2D eigenvalue weighted by Gasteiger charge is -2.04. The zero-order valence-electron chi connectivity index (χ0n) is 24.1. The number of hydrogen-bond acceptors (Lipinski definition) is 9. The van der Waals surface area contributed by atoms with E-state index >= 15 is 0 Å². The van der Waals surface area contributed by atoms with Crippen molar-refractivity contribution in [2.45, 2.75) is 19.6 Å². The minimum absolute atomic E-state index is 0.0530. The van der Waals surface area contributed by atoms with Gasteiger partial charge in [-0.2, -0.15) is 0 Å². The summed E-state index contributed by atoms with van der Waals surface area (Å²) in [5.41, 5.74) is 0.407. The first-order valence-electron chi connectivity index (χ1n) is 12.4. The molecule has 0 bridgehead atoms. The topological polar surface area (TPSA) is 149 Å².